The summed E-state index contributed by atoms with van der Waals surface area (Å²) in [5.74, 6) is 0.00139. The van der Waals surface area contributed by atoms with Gasteiger partial charge in [0.25, 0.3) is 0 Å². The lowest BCUT2D eigenvalue weighted by molar-refractivity contribution is -0.130. The van der Waals surface area contributed by atoms with Gasteiger partial charge in [0.1, 0.15) is 16.1 Å². The number of aromatic nitrogens is 2. The molecule has 2 N–H and O–H groups in total. The number of aliphatic hydroxyl groups excluding tert-OH is 1. The van der Waals surface area contributed by atoms with Crippen molar-refractivity contribution in [3.8, 4) is 0 Å². The number of aryl methyl sites for hydroxylation is 1. The summed E-state index contributed by atoms with van der Waals surface area (Å²) < 4.78 is 0. The van der Waals surface area contributed by atoms with Gasteiger partial charge in [-0.2, -0.15) is 0 Å². The van der Waals surface area contributed by atoms with E-state index in [2.05, 4.69) is 15.5 Å². The van der Waals surface area contributed by atoms with Crippen LogP contribution in [0.1, 0.15) is 30.3 Å². The fraction of sp³-hybridized carbons (Fsp3) is 0.727. The molecule has 0 bridgehead atoms. The van der Waals surface area contributed by atoms with Crippen LogP contribution < -0.4 is 5.32 Å². The molecule has 1 atom stereocenters. The fourth-order valence-corrected chi connectivity index (χ4v) is 2.11. The van der Waals surface area contributed by atoms with Crippen molar-refractivity contribution in [3.05, 3.63) is 10.0 Å². The smallest absolute Gasteiger partial charge is 0.248 e. The van der Waals surface area contributed by atoms with Crippen LogP contribution in [0.2, 0.25) is 0 Å². The second kappa shape index (κ2) is 6.66. The van der Waals surface area contributed by atoms with Crippen molar-refractivity contribution in [2.75, 3.05) is 6.54 Å². The van der Waals surface area contributed by atoms with Gasteiger partial charge in [-0.15, -0.1) is 21.5 Å². The van der Waals surface area contributed by atoms with Crippen molar-refractivity contribution >= 4 is 17.2 Å². The second-order valence-electron chi connectivity index (χ2n) is 4.40. The van der Waals surface area contributed by atoms with Crippen LogP contribution >= 0.6 is 11.3 Å². The third-order valence-electron chi connectivity index (χ3n) is 2.20. The summed E-state index contributed by atoms with van der Waals surface area (Å²) in [6.07, 6.45) is 0.237. The lowest BCUT2D eigenvalue weighted by Gasteiger charge is -2.12. The number of rotatable bonds is 6. The molecule has 0 aliphatic heterocycles. The van der Waals surface area contributed by atoms with Crippen LogP contribution in [0.4, 0.5) is 0 Å². The number of aliphatic hydroxyl groups is 1. The SMILES string of the molecule is Cc1nnc(CCNC(=O)[C@@H](O)CC(C)C)s1. The van der Waals surface area contributed by atoms with E-state index in [9.17, 15) is 9.90 Å². The van der Waals surface area contributed by atoms with E-state index >= 15 is 0 Å². The van der Waals surface area contributed by atoms with E-state index in [1.54, 1.807) is 0 Å². The molecule has 6 heteroatoms. The van der Waals surface area contributed by atoms with E-state index in [1.165, 1.54) is 11.3 Å². The number of nitrogens with one attached hydrogen (secondary N) is 1. The summed E-state index contributed by atoms with van der Waals surface area (Å²) in [7, 11) is 0. The minimum absolute atomic E-state index is 0.306. The largest absolute Gasteiger partial charge is 0.383 e. The summed E-state index contributed by atoms with van der Waals surface area (Å²) >= 11 is 1.52. The van der Waals surface area contributed by atoms with Crippen LogP contribution in [0, 0.1) is 12.8 Å². The molecule has 0 saturated heterocycles. The standard InChI is InChI=1S/C11H19N3O2S/c1-7(2)6-9(15)11(16)12-5-4-10-14-13-8(3)17-10/h7,9,15H,4-6H2,1-3H3,(H,12,16)/t9-/m0/s1. The highest BCUT2D eigenvalue weighted by atomic mass is 32.1. The molecule has 5 nitrogen and oxygen atoms in total. The number of carbonyl (C=O) groups excluding carboxylic acids is 1. The summed E-state index contributed by atoms with van der Waals surface area (Å²) in [5, 5.41) is 21.9. The molecule has 0 unspecified atom stereocenters. The van der Waals surface area contributed by atoms with Gasteiger partial charge in [-0.3, -0.25) is 4.79 Å². The predicted molar refractivity (Wildman–Crippen MR) is 66.8 cm³/mol. The summed E-state index contributed by atoms with van der Waals surface area (Å²) in [6, 6.07) is 0. The van der Waals surface area contributed by atoms with Gasteiger partial charge < -0.3 is 10.4 Å². The molecule has 0 aliphatic rings. The van der Waals surface area contributed by atoms with Crippen molar-refractivity contribution < 1.29 is 9.90 Å². The number of carbonyl (C=O) groups is 1. The van der Waals surface area contributed by atoms with Gasteiger partial charge in [0.15, 0.2) is 0 Å². The Morgan fingerprint density at radius 3 is 2.71 bits per heavy atom. The van der Waals surface area contributed by atoms with E-state index < -0.39 is 6.10 Å². The monoisotopic (exact) mass is 257 g/mol. The molecule has 1 aromatic rings. The highest BCUT2D eigenvalue weighted by Gasteiger charge is 2.15. The molecule has 0 saturated carbocycles. The zero-order chi connectivity index (χ0) is 12.8. The number of hydrogen-bond acceptors (Lipinski definition) is 5. The van der Waals surface area contributed by atoms with Crippen LogP contribution in [-0.4, -0.2) is 33.9 Å². The van der Waals surface area contributed by atoms with E-state index in [0.29, 0.717) is 25.3 Å². The minimum atomic E-state index is -0.911. The Kier molecular flexibility index (Phi) is 5.50. The Morgan fingerprint density at radius 2 is 2.18 bits per heavy atom. The van der Waals surface area contributed by atoms with Gasteiger partial charge in [-0.25, -0.2) is 0 Å². The van der Waals surface area contributed by atoms with Gasteiger partial charge in [0.2, 0.25) is 5.91 Å². The zero-order valence-electron chi connectivity index (χ0n) is 10.4. The van der Waals surface area contributed by atoms with Crippen molar-refractivity contribution in [2.45, 2.75) is 39.7 Å². The molecular formula is C11H19N3O2S. The van der Waals surface area contributed by atoms with Crippen LogP contribution in [0.3, 0.4) is 0 Å². The van der Waals surface area contributed by atoms with Crippen LogP contribution in [0.5, 0.6) is 0 Å². The Labute approximate surface area is 105 Å². The van der Waals surface area contributed by atoms with Crippen molar-refractivity contribution in [2.24, 2.45) is 5.92 Å². The first-order chi connectivity index (χ1) is 7.99. The van der Waals surface area contributed by atoms with E-state index in [1.807, 2.05) is 20.8 Å². The summed E-state index contributed by atoms with van der Waals surface area (Å²) in [6.45, 7) is 6.33. The molecule has 0 spiro atoms. The van der Waals surface area contributed by atoms with Gasteiger partial charge in [-0.05, 0) is 19.3 Å². The Balaban J connectivity index is 2.24. The van der Waals surface area contributed by atoms with Gasteiger partial charge >= 0.3 is 0 Å². The highest BCUT2D eigenvalue weighted by molar-refractivity contribution is 7.11. The third-order valence-corrected chi connectivity index (χ3v) is 3.10. The molecule has 1 aromatic heterocycles. The molecule has 1 rings (SSSR count). The average molecular weight is 257 g/mol. The van der Waals surface area contributed by atoms with E-state index in [0.717, 1.165) is 10.0 Å². The van der Waals surface area contributed by atoms with Crippen molar-refractivity contribution in [3.63, 3.8) is 0 Å². The Hall–Kier alpha value is -1.01. The minimum Gasteiger partial charge on any atom is -0.383 e. The molecule has 0 radical (unpaired) electrons. The summed E-state index contributed by atoms with van der Waals surface area (Å²) in [5.41, 5.74) is 0. The summed E-state index contributed by atoms with van der Waals surface area (Å²) in [4.78, 5) is 11.5. The topological polar surface area (TPSA) is 75.1 Å². The third kappa shape index (κ3) is 5.23. The molecule has 0 fully saturated rings. The van der Waals surface area contributed by atoms with Crippen LogP contribution in [0.15, 0.2) is 0 Å². The Bertz CT molecular complexity index is 365. The fourth-order valence-electron chi connectivity index (χ4n) is 1.40. The first-order valence-electron chi connectivity index (χ1n) is 5.73. The first kappa shape index (κ1) is 14.1. The normalized spacial score (nSPS) is 12.8. The van der Waals surface area contributed by atoms with Gasteiger partial charge in [-0.1, -0.05) is 13.8 Å². The van der Waals surface area contributed by atoms with E-state index in [4.69, 9.17) is 0 Å². The zero-order valence-corrected chi connectivity index (χ0v) is 11.3. The Morgan fingerprint density at radius 1 is 1.47 bits per heavy atom. The van der Waals surface area contributed by atoms with E-state index in [-0.39, 0.29) is 5.91 Å². The average Bonchev–Trinajstić information content (AvgIpc) is 2.63. The maximum atomic E-state index is 11.5. The predicted octanol–water partition coefficient (Wildman–Crippen LogP) is 0.912. The number of hydrogen-bond donors (Lipinski definition) is 2. The van der Waals surface area contributed by atoms with Gasteiger partial charge in [0, 0.05) is 13.0 Å². The van der Waals surface area contributed by atoms with Crippen molar-refractivity contribution in [1.29, 1.82) is 0 Å². The molecular weight excluding hydrogens is 238 g/mol. The molecule has 96 valence electrons. The van der Waals surface area contributed by atoms with Crippen LogP contribution in [0.25, 0.3) is 0 Å². The van der Waals surface area contributed by atoms with Crippen molar-refractivity contribution in [1.82, 2.24) is 15.5 Å². The molecule has 1 heterocycles. The maximum absolute atomic E-state index is 11.5. The van der Waals surface area contributed by atoms with Crippen LogP contribution in [-0.2, 0) is 11.2 Å². The highest BCUT2D eigenvalue weighted by Crippen LogP contribution is 2.08. The quantitative estimate of drug-likeness (QED) is 0.794. The lowest BCUT2D eigenvalue weighted by Crippen LogP contribution is -2.36. The molecule has 0 aromatic carbocycles. The maximum Gasteiger partial charge on any atom is 0.248 e. The van der Waals surface area contributed by atoms with Gasteiger partial charge in [0.05, 0.1) is 0 Å². The number of nitrogens with zero attached hydrogens (tertiary/aromatic N) is 2. The first-order valence-corrected chi connectivity index (χ1v) is 6.55. The molecule has 17 heavy (non-hydrogen) atoms. The molecule has 0 aliphatic carbocycles. The second-order valence-corrected chi connectivity index (χ2v) is 5.67. The lowest BCUT2D eigenvalue weighted by atomic mass is 10.1. The number of amides is 1. The molecule has 1 amide bonds.